The highest BCUT2D eigenvalue weighted by molar-refractivity contribution is 4.92. The highest BCUT2D eigenvalue weighted by atomic mass is 16.5. The van der Waals surface area contributed by atoms with Crippen molar-refractivity contribution in [2.45, 2.75) is 88.9 Å². The molecule has 3 heteroatoms. The maximum atomic E-state index is 6.57. The van der Waals surface area contributed by atoms with Gasteiger partial charge in [-0.2, -0.15) is 0 Å². The first-order valence-corrected chi connectivity index (χ1v) is 9.43. The summed E-state index contributed by atoms with van der Waals surface area (Å²) in [6.07, 6.45) is 13.9. The van der Waals surface area contributed by atoms with Gasteiger partial charge >= 0.3 is 0 Å². The summed E-state index contributed by atoms with van der Waals surface area (Å²) in [5, 5.41) is 3.64. The Hall–Kier alpha value is -0.120. The number of hydrogen-bond donors (Lipinski definition) is 1. The Bertz CT molecular complexity index is 308. The normalized spacial score (nSPS) is 32.3. The first-order valence-electron chi connectivity index (χ1n) is 9.43. The molecule has 0 aromatic carbocycles. The van der Waals surface area contributed by atoms with Crippen molar-refractivity contribution < 1.29 is 4.74 Å². The molecule has 3 rings (SSSR count). The number of rotatable bonds is 6. The molecule has 1 aliphatic carbocycles. The van der Waals surface area contributed by atoms with E-state index in [1.165, 1.54) is 83.8 Å². The van der Waals surface area contributed by atoms with Gasteiger partial charge in [-0.25, -0.2) is 0 Å². The van der Waals surface area contributed by atoms with Crippen LogP contribution in [0.1, 0.15) is 71.1 Å². The molecule has 0 aromatic rings. The topological polar surface area (TPSA) is 24.5 Å². The van der Waals surface area contributed by atoms with Gasteiger partial charge in [0.25, 0.3) is 0 Å². The molecule has 2 atom stereocenters. The fourth-order valence-corrected chi connectivity index (χ4v) is 4.67. The van der Waals surface area contributed by atoms with Gasteiger partial charge in [0.05, 0.1) is 11.7 Å². The second-order valence-corrected chi connectivity index (χ2v) is 7.58. The van der Waals surface area contributed by atoms with Crippen LogP contribution in [0, 0.1) is 0 Å². The molecule has 0 bridgehead atoms. The molecule has 3 fully saturated rings. The summed E-state index contributed by atoms with van der Waals surface area (Å²) in [5.74, 6) is 0. The zero-order valence-electron chi connectivity index (χ0n) is 13.9. The average Bonchev–Trinajstić information content (AvgIpc) is 3.11. The van der Waals surface area contributed by atoms with Gasteiger partial charge in [-0.3, -0.25) is 4.90 Å². The minimum atomic E-state index is 0.284. The predicted octanol–water partition coefficient (Wildman–Crippen LogP) is 3.33. The van der Waals surface area contributed by atoms with Gasteiger partial charge in [0, 0.05) is 19.1 Å². The van der Waals surface area contributed by atoms with E-state index in [1.807, 2.05) is 0 Å². The van der Waals surface area contributed by atoms with Gasteiger partial charge in [0.15, 0.2) is 0 Å². The Morgan fingerprint density at radius 2 is 1.90 bits per heavy atom. The largest absolute Gasteiger partial charge is 0.370 e. The van der Waals surface area contributed by atoms with Gasteiger partial charge in [0.2, 0.25) is 0 Å². The quantitative estimate of drug-likeness (QED) is 0.813. The van der Waals surface area contributed by atoms with E-state index in [0.717, 1.165) is 12.6 Å². The van der Waals surface area contributed by atoms with Crippen LogP contribution in [0.25, 0.3) is 0 Å². The van der Waals surface area contributed by atoms with Crippen molar-refractivity contribution in [1.82, 2.24) is 10.2 Å². The van der Waals surface area contributed by atoms with E-state index in [1.54, 1.807) is 0 Å². The van der Waals surface area contributed by atoms with Crippen LogP contribution in [0.2, 0.25) is 0 Å². The van der Waals surface area contributed by atoms with Gasteiger partial charge in [-0.1, -0.05) is 26.2 Å². The van der Waals surface area contributed by atoms with Crippen molar-refractivity contribution in [3.8, 4) is 0 Å². The highest BCUT2D eigenvalue weighted by Gasteiger charge is 2.41. The second-order valence-electron chi connectivity index (χ2n) is 7.58. The number of hydrogen-bond acceptors (Lipinski definition) is 3. The van der Waals surface area contributed by atoms with E-state index in [4.69, 9.17) is 4.74 Å². The molecule has 0 amide bonds. The minimum Gasteiger partial charge on any atom is -0.370 e. The van der Waals surface area contributed by atoms with Crippen molar-refractivity contribution in [1.29, 1.82) is 0 Å². The number of nitrogens with zero attached hydrogens (tertiary/aromatic N) is 1. The lowest BCUT2D eigenvalue weighted by molar-refractivity contribution is -0.0721. The Balaban J connectivity index is 1.48. The van der Waals surface area contributed by atoms with Crippen molar-refractivity contribution in [2.75, 3.05) is 26.2 Å². The van der Waals surface area contributed by atoms with E-state index in [2.05, 4.69) is 17.1 Å². The second kappa shape index (κ2) is 7.43. The predicted molar refractivity (Wildman–Crippen MR) is 87.7 cm³/mol. The van der Waals surface area contributed by atoms with Crippen molar-refractivity contribution in [3.05, 3.63) is 0 Å². The molecule has 2 aliphatic heterocycles. The summed E-state index contributed by atoms with van der Waals surface area (Å²) in [6.45, 7) is 7.13. The molecule has 3 nitrogen and oxygen atoms in total. The van der Waals surface area contributed by atoms with E-state index < -0.39 is 0 Å². The first kappa shape index (κ1) is 15.8. The Morgan fingerprint density at radius 3 is 2.62 bits per heavy atom. The third-order valence-electron chi connectivity index (χ3n) is 5.75. The highest BCUT2D eigenvalue weighted by Crippen LogP contribution is 2.42. The lowest BCUT2D eigenvalue weighted by Crippen LogP contribution is -2.42. The Kier molecular flexibility index (Phi) is 5.58. The standard InChI is InChI=1S/C18H34N2O/c1-2-13-20(14-16-7-6-12-19-16)15-17-8-11-18(21-17)9-4-3-5-10-18/h16-17,19H,2-15H2,1H3. The summed E-state index contributed by atoms with van der Waals surface area (Å²) in [7, 11) is 0. The van der Waals surface area contributed by atoms with Crippen molar-refractivity contribution in [2.24, 2.45) is 0 Å². The van der Waals surface area contributed by atoms with E-state index in [0.29, 0.717) is 6.10 Å². The van der Waals surface area contributed by atoms with Gasteiger partial charge in [-0.05, 0) is 58.0 Å². The molecule has 1 N–H and O–H groups in total. The van der Waals surface area contributed by atoms with E-state index in [-0.39, 0.29) is 5.60 Å². The summed E-state index contributed by atoms with van der Waals surface area (Å²) in [4.78, 5) is 2.66. The van der Waals surface area contributed by atoms with Crippen LogP contribution in [-0.2, 0) is 4.74 Å². The van der Waals surface area contributed by atoms with E-state index >= 15 is 0 Å². The van der Waals surface area contributed by atoms with Crippen LogP contribution in [0.5, 0.6) is 0 Å². The molecular weight excluding hydrogens is 260 g/mol. The smallest absolute Gasteiger partial charge is 0.0710 e. The van der Waals surface area contributed by atoms with E-state index in [9.17, 15) is 0 Å². The zero-order chi connectivity index (χ0) is 14.5. The van der Waals surface area contributed by atoms with Gasteiger partial charge < -0.3 is 10.1 Å². The summed E-state index contributed by atoms with van der Waals surface area (Å²) in [6, 6.07) is 0.724. The molecule has 1 spiro atoms. The van der Waals surface area contributed by atoms with Crippen LogP contribution < -0.4 is 5.32 Å². The molecule has 122 valence electrons. The lowest BCUT2D eigenvalue weighted by Gasteiger charge is -2.34. The number of ether oxygens (including phenoxy) is 1. The minimum absolute atomic E-state index is 0.284. The first-order chi connectivity index (χ1) is 10.3. The molecule has 3 aliphatic rings. The third kappa shape index (κ3) is 4.20. The Morgan fingerprint density at radius 1 is 1.05 bits per heavy atom. The molecule has 2 saturated heterocycles. The fraction of sp³-hybridized carbons (Fsp3) is 1.00. The van der Waals surface area contributed by atoms with Gasteiger partial charge in [-0.15, -0.1) is 0 Å². The summed E-state index contributed by atoms with van der Waals surface area (Å²) < 4.78 is 6.57. The number of nitrogens with one attached hydrogen (secondary N) is 1. The monoisotopic (exact) mass is 294 g/mol. The molecule has 1 saturated carbocycles. The molecule has 0 aromatic heterocycles. The van der Waals surface area contributed by atoms with Crippen molar-refractivity contribution >= 4 is 0 Å². The fourth-order valence-electron chi connectivity index (χ4n) is 4.67. The Labute approximate surface area is 130 Å². The van der Waals surface area contributed by atoms with Crippen LogP contribution in [0.3, 0.4) is 0 Å². The lowest BCUT2D eigenvalue weighted by atomic mass is 9.83. The maximum absolute atomic E-state index is 6.57. The SMILES string of the molecule is CCCN(CC1CCCN1)CC1CCC2(CCCCC2)O1. The van der Waals surface area contributed by atoms with Crippen LogP contribution in [-0.4, -0.2) is 48.8 Å². The summed E-state index contributed by atoms with van der Waals surface area (Å²) >= 11 is 0. The third-order valence-corrected chi connectivity index (χ3v) is 5.75. The molecule has 2 unspecified atom stereocenters. The van der Waals surface area contributed by atoms with Gasteiger partial charge in [0.1, 0.15) is 0 Å². The maximum Gasteiger partial charge on any atom is 0.0710 e. The molecule has 0 radical (unpaired) electrons. The molecule has 2 heterocycles. The molecule has 21 heavy (non-hydrogen) atoms. The molecular formula is C18H34N2O. The zero-order valence-corrected chi connectivity index (χ0v) is 13.9. The average molecular weight is 294 g/mol. The van der Waals surface area contributed by atoms with Crippen LogP contribution in [0.15, 0.2) is 0 Å². The van der Waals surface area contributed by atoms with Crippen molar-refractivity contribution in [3.63, 3.8) is 0 Å². The van der Waals surface area contributed by atoms with Crippen LogP contribution in [0.4, 0.5) is 0 Å². The van der Waals surface area contributed by atoms with Crippen LogP contribution >= 0.6 is 0 Å². The summed E-state index contributed by atoms with van der Waals surface area (Å²) in [5.41, 5.74) is 0.284.